The zero-order valence-corrected chi connectivity index (χ0v) is 42.3. The minimum Gasteiger partial charge on any atom is -0.391 e. The first-order chi connectivity index (χ1) is 35.6. The Labute approximate surface area is 432 Å². The van der Waals surface area contributed by atoms with Crippen molar-refractivity contribution in [2.24, 2.45) is 5.41 Å². The van der Waals surface area contributed by atoms with Gasteiger partial charge in [0.15, 0.2) is 5.82 Å². The third-order valence-corrected chi connectivity index (χ3v) is 13.6. The van der Waals surface area contributed by atoms with E-state index in [4.69, 9.17) is 0 Å². The highest BCUT2D eigenvalue weighted by molar-refractivity contribution is 7.13. The van der Waals surface area contributed by atoms with Gasteiger partial charge in [0, 0.05) is 66.4 Å². The van der Waals surface area contributed by atoms with Crippen LogP contribution in [0.2, 0.25) is 0 Å². The van der Waals surface area contributed by atoms with Crippen LogP contribution in [0.15, 0.2) is 103 Å². The fourth-order valence-electron chi connectivity index (χ4n) is 8.60. The molecule has 75 heavy (non-hydrogen) atoms. The summed E-state index contributed by atoms with van der Waals surface area (Å²) in [6.45, 7) is 8.47. The molecule has 0 saturated carbocycles. The predicted molar refractivity (Wildman–Crippen MR) is 276 cm³/mol. The summed E-state index contributed by atoms with van der Waals surface area (Å²) in [5.74, 6) is -2.80. The smallest absolute Gasteiger partial charge is 0.391 e. The molecule has 3 aromatic heterocycles. The molecule has 1 fully saturated rings. The van der Waals surface area contributed by atoms with Gasteiger partial charge < -0.3 is 36.6 Å². The van der Waals surface area contributed by atoms with E-state index in [2.05, 4.69) is 46.9 Å². The summed E-state index contributed by atoms with van der Waals surface area (Å²) in [5, 5.41) is 36.2. The Morgan fingerprint density at radius 3 is 2.21 bits per heavy atom. The number of likely N-dealkylation sites (tertiary alicyclic amines) is 1. The van der Waals surface area contributed by atoms with Gasteiger partial charge in [-0.3, -0.25) is 38.5 Å². The van der Waals surface area contributed by atoms with Crippen molar-refractivity contribution in [3.8, 4) is 21.6 Å². The number of thiazole rings is 1. The normalized spacial score (nSPS) is 15.1. The number of fused-ring (bicyclic) bond motifs is 1. The number of aryl methyl sites for hydroxylation is 2. The van der Waals surface area contributed by atoms with Crippen LogP contribution in [0.3, 0.4) is 0 Å². The van der Waals surface area contributed by atoms with Crippen LogP contribution in [0.5, 0.6) is 0 Å². The minimum absolute atomic E-state index is 0.0114. The summed E-state index contributed by atoms with van der Waals surface area (Å²) in [7, 11) is 0. The minimum atomic E-state index is -4.56. The molecule has 7 aromatic rings. The van der Waals surface area contributed by atoms with E-state index >= 15 is 0 Å². The number of β-amino-alcohol motifs (C(OH)–C–C–N with tert-alkyl or cyclic N) is 1. The molecule has 4 heterocycles. The van der Waals surface area contributed by atoms with Gasteiger partial charge in [-0.15, -0.1) is 11.3 Å². The molecule has 7 N–H and O–H groups in total. The zero-order valence-electron chi connectivity index (χ0n) is 41.5. The summed E-state index contributed by atoms with van der Waals surface area (Å²) in [4.78, 5) is 86.4. The lowest BCUT2D eigenvalue weighted by molar-refractivity contribution is -0.144. The van der Waals surface area contributed by atoms with Gasteiger partial charge in [0.1, 0.15) is 18.6 Å². The van der Waals surface area contributed by atoms with E-state index in [0.29, 0.717) is 27.7 Å². The number of H-pyrrole nitrogens is 1. The first kappa shape index (κ1) is 53.1. The molecule has 0 unspecified atom stereocenters. The van der Waals surface area contributed by atoms with E-state index < -0.39 is 70.8 Å². The zero-order chi connectivity index (χ0) is 53.8. The van der Waals surface area contributed by atoms with Gasteiger partial charge in [-0.2, -0.15) is 23.4 Å². The van der Waals surface area contributed by atoms with Crippen LogP contribution >= 0.6 is 11.3 Å². The molecule has 1 aliphatic rings. The lowest BCUT2D eigenvalue weighted by Crippen LogP contribution is -2.57. The number of hydrogen-bond acceptors (Lipinski definition) is 11. The number of benzene rings is 4. The SMILES string of the molecule is Cc1ccc(NC(=O)Cn2cc(-c3ccc4c(NC(=O)c5ccc(NC(=O)CCC(=O)N[C@H](C(=O)N6C[C@H](O)C[C@H]6C(=O)NCc6ccc(-c7scnc7C)cc6)C(C)(C)C)cc5)n[nH]c4c3)cn2)cc1C(F)(F)F. The standard InChI is InChI=1S/C53H54F3N11O7S/c1-29-6-14-37(21-40(29)53(54,55)56)61-45(71)27-66-25-35(24-59-66)34-13-17-39-41(20-34)64-65-48(39)63-49(72)33-11-15-36(16-12-33)60-43(69)18-19-44(70)62-47(52(3,4)5)51(74)67-26-38(68)22-42(67)50(73)57-23-31-7-9-32(10-8-31)46-30(2)58-28-75-46/h6-17,20-21,24-25,28,38,42,47,68H,18-19,22-23,26-27H2,1-5H3,(H,57,73)(H,60,69)(H,61,71)(H,62,70)(H2,63,64,65,72)/t38-,42+,47-/m1/s1. The molecule has 1 saturated heterocycles. The first-order valence-corrected chi connectivity index (χ1v) is 24.7. The Morgan fingerprint density at radius 2 is 1.52 bits per heavy atom. The predicted octanol–water partition coefficient (Wildman–Crippen LogP) is 7.60. The molecule has 18 nitrogen and oxygen atoms in total. The quantitative estimate of drug-likeness (QED) is 0.0500. The van der Waals surface area contributed by atoms with E-state index in [9.17, 15) is 47.0 Å². The number of alkyl halides is 3. The van der Waals surface area contributed by atoms with Crippen LogP contribution in [0.4, 0.5) is 30.4 Å². The van der Waals surface area contributed by atoms with Gasteiger partial charge in [0.25, 0.3) is 5.91 Å². The Hall–Kier alpha value is -8.24. The van der Waals surface area contributed by atoms with E-state index in [1.807, 2.05) is 31.2 Å². The van der Waals surface area contributed by atoms with Gasteiger partial charge in [0.2, 0.25) is 29.5 Å². The number of anilines is 3. The number of nitrogens with zero attached hydrogens (tertiary/aromatic N) is 5. The van der Waals surface area contributed by atoms with Crippen LogP contribution in [0.1, 0.15) is 72.8 Å². The van der Waals surface area contributed by atoms with E-state index in [0.717, 1.165) is 27.8 Å². The van der Waals surface area contributed by atoms with Gasteiger partial charge in [-0.25, -0.2) is 4.98 Å². The van der Waals surface area contributed by atoms with Crippen molar-refractivity contribution in [2.75, 3.05) is 22.5 Å². The molecule has 4 aromatic carbocycles. The van der Waals surface area contributed by atoms with E-state index in [1.165, 1.54) is 59.1 Å². The van der Waals surface area contributed by atoms with Crippen molar-refractivity contribution in [2.45, 2.75) is 91.3 Å². The number of rotatable bonds is 16. The maximum Gasteiger partial charge on any atom is 0.416 e. The Morgan fingerprint density at radius 1 is 0.827 bits per heavy atom. The first-order valence-electron chi connectivity index (χ1n) is 23.8. The number of nitrogens with one attached hydrogen (secondary N) is 6. The van der Waals surface area contributed by atoms with E-state index in [1.54, 1.807) is 62.0 Å². The van der Waals surface area contributed by atoms with Crippen LogP contribution in [0.25, 0.3) is 32.5 Å². The molecule has 6 amide bonds. The highest BCUT2D eigenvalue weighted by Gasteiger charge is 2.44. The lowest BCUT2D eigenvalue weighted by Gasteiger charge is -2.35. The third kappa shape index (κ3) is 12.9. The summed E-state index contributed by atoms with van der Waals surface area (Å²) < 4.78 is 41.4. The number of hydrogen-bond donors (Lipinski definition) is 7. The number of aliphatic hydroxyl groups excluding tert-OH is 1. The average Bonchev–Trinajstić information content (AvgIpc) is 4.19. The molecule has 0 radical (unpaired) electrons. The van der Waals surface area contributed by atoms with Crippen LogP contribution in [-0.2, 0) is 43.2 Å². The average molecular weight is 1050 g/mol. The van der Waals surface area contributed by atoms with Gasteiger partial charge in [-0.05, 0) is 90.0 Å². The number of carbonyl (C=O) groups is 6. The number of carbonyl (C=O) groups excluding carboxylic acids is 6. The number of aliphatic hydroxyl groups is 1. The lowest BCUT2D eigenvalue weighted by atomic mass is 9.85. The van der Waals surface area contributed by atoms with E-state index in [-0.39, 0.29) is 61.5 Å². The number of halogens is 3. The van der Waals surface area contributed by atoms with Crippen molar-refractivity contribution in [3.63, 3.8) is 0 Å². The second kappa shape index (κ2) is 22.1. The van der Waals surface area contributed by atoms with Gasteiger partial charge in [-0.1, -0.05) is 57.2 Å². The molecule has 0 aliphatic carbocycles. The fourth-order valence-corrected chi connectivity index (χ4v) is 9.41. The molecule has 390 valence electrons. The maximum absolute atomic E-state index is 14.1. The molecule has 0 spiro atoms. The number of aromatic amines is 1. The Balaban J connectivity index is 0.795. The Bertz CT molecular complexity index is 3270. The highest BCUT2D eigenvalue weighted by atomic mass is 32.1. The largest absolute Gasteiger partial charge is 0.416 e. The third-order valence-electron chi connectivity index (χ3n) is 12.6. The summed E-state index contributed by atoms with van der Waals surface area (Å²) >= 11 is 1.55. The molecule has 8 rings (SSSR count). The monoisotopic (exact) mass is 1050 g/mol. The number of amides is 6. The van der Waals surface area contributed by atoms with Crippen molar-refractivity contribution >= 4 is 74.9 Å². The summed E-state index contributed by atoms with van der Waals surface area (Å²) in [6, 6.07) is 20.7. The maximum atomic E-state index is 14.1. The van der Waals surface area contributed by atoms with Crippen molar-refractivity contribution < 1.29 is 47.0 Å². The molecular formula is C53H54F3N11O7S. The summed E-state index contributed by atoms with van der Waals surface area (Å²) in [5.41, 5.74) is 5.57. The highest BCUT2D eigenvalue weighted by Crippen LogP contribution is 2.34. The fraction of sp³-hybridized carbons (Fsp3) is 0.302. The van der Waals surface area contributed by atoms with Crippen LogP contribution in [-0.4, -0.2) is 95.1 Å². The van der Waals surface area contributed by atoms with Gasteiger partial charge >= 0.3 is 6.18 Å². The van der Waals surface area contributed by atoms with Crippen LogP contribution < -0.4 is 26.6 Å². The second-order valence-electron chi connectivity index (χ2n) is 19.4. The van der Waals surface area contributed by atoms with Crippen molar-refractivity contribution in [3.05, 3.63) is 131 Å². The topological polar surface area (TPSA) is 245 Å². The molecule has 1 aliphatic heterocycles. The number of aromatic nitrogens is 5. The molecule has 22 heteroatoms. The molecule has 3 atom stereocenters. The van der Waals surface area contributed by atoms with Crippen molar-refractivity contribution in [1.29, 1.82) is 0 Å². The summed E-state index contributed by atoms with van der Waals surface area (Å²) in [6.07, 6.45) is -2.79. The molecular weight excluding hydrogens is 992 g/mol. The van der Waals surface area contributed by atoms with Crippen LogP contribution in [0, 0.1) is 19.3 Å². The molecule has 0 bridgehead atoms. The van der Waals surface area contributed by atoms with Gasteiger partial charge in [0.05, 0.1) is 39.5 Å². The second-order valence-corrected chi connectivity index (χ2v) is 20.2. The van der Waals surface area contributed by atoms with Crippen molar-refractivity contribution in [1.82, 2.24) is 40.5 Å². The Kier molecular flexibility index (Phi) is 15.6.